The summed E-state index contributed by atoms with van der Waals surface area (Å²) in [6, 6.07) is 7.35. The highest BCUT2D eigenvalue weighted by molar-refractivity contribution is 7.11. The quantitative estimate of drug-likeness (QED) is 0.412. The maximum Gasteiger partial charge on any atom is 0.338 e. The van der Waals surface area contributed by atoms with Gasteiger partial charge in [0.2, 0.25) is 5.82 Å². The molecule has 194 valence electrons. The van der Waals surface area contributed by atoms with Gasteiger partial charge in [-0.25, -0.2) is 13.6 Å². The molecule has 1 aliphatic heterocycles. The summed E-state index contributed by atoms with van der Waals surface area (Å²) < 4.78 is 47.1. The number of thiophene rings is 1. The van der Waals surface area contributed by atoms with Gasteiger partial charge >= 0.3 is 5.97 Å². The number of halogens is 3. The number of carboxylic acids is 1. The number of hydrogen-bond acceptors (Lipinski definition) is 5. The number of carboxylic acid groups (broad SMARTS) is 1. The lowest BCUT2D eigenvalue weighted by molar-refractivity contribution is 0.0693. The monoisotopic (exact) mass is 532 g/mol. The third kappa shape index (κ3) is 5.17. The van der Waals surface area contributed by atoms with E-state index in [1.807, 2.05) is 13.0 Å². The van der Waals surface area contributed by atoms with E-state index in [4.69, 9.17) is 0 Å². The lowest BCUT2D eigenvalue weighted by Crippen LogP contribution is -2.39. The normalized spacial score (nSPS) is 15.4. The minimum Gasteiger partial charge on any atom is -0.491 e. The van der Waals surface area contributed by atoms with E-state index in [0.29, 0.717) is 29.3 Å². The number of aryl methyl sites for hydroxylation is 1. The van der Waals surface area contributed by atoms with Gasteiger partial charge < -0.3 is 20.1 Å². The number of aromatic carboxylic acids is 1. The molecule has 2 N–H and O–H groups in total. The number of piperidine rings is 1. The van der Waals surface area contributed by atoms with Gasteiger partial charge in [0, 0.05) is 34.8 Å². The molecule has 0 saturated carbocycles. The molecule has 2 amide bonds. The summed E-state index contributed by atoms with van der Waals surface area (Å²) in [7, 11) is 0.964. The van der Waals surface area contributed by atoms with Crippen molar-refractivity contribution in [3.8, 4) is 5.75 Å². The number of nitrogens with one attached hydrogen (secondary N) is 1. The van der Waals surface area contributed by atoms with Crippen LogP contribution in [0.2, 0.25) is 0 Å². The third-order valence-electron chi connectivity index (χ3n) is 6.19. The largest absolute Gasteiger partial charge is 0.491 e. The number of nitrogens with zero attached hydrogens (tertiary/aromatic N) is 1. The van der Waals surface area contributed by atoms with Crippen molar-refractivity contribution in [3.63, 3.8) is 0 Å². The van der Waals surface area contributed by atoms with Crippen molar-refractivity contribution >= 4 is 34.8 Å². The topological polar surface area (TPSA) is 95.9 Å². The summed E-state index contributed by atoms with van der Waals surface area (Å²) in [6.45, 7) is 2.09. The van der Waals surface area contributed by atoms with Gasteiger partial charge in [-0.1, -0.05) is 17.7 Å². The van der Waals surface area contributed by atoms with Gasteiger partial charge in [-0.15, -0.1) is 11.3 Å². The van der Waals surface area contributed by atoms with Crippen molar-refractivity contribution in [3.05, 3.63) is 80.3 Å². The van der Waals surface area contributed by atoms with Gasteiger partial charge in [0.15, 0.2) is 17.4 Å². The molecule has 37 heavy (non-hydrogen) atoms. The Morgan fingerprint density at radius 1 is 1.16 bits per heavy atom. The number of carbonyl (C=O) groups is 3. The summed E-state index contributed by atoms with van der Waals surface area (Å²) in [5.41, 5.74) is 0.638. The van der Waals surface area contributed by atoms with Crippen molar-refractivity contribution in [2.75, 3.05) is 25.5 Å². The van der Waals surface area contributed by atoms with Crippen LogP contribution in [0, 0.1) is 24.4 Å². The Balaban J connectivity index is 1.59. The molecule has 1 saturated heterocycles. The molecule has 2 aromatic carbocycles. The lowest BCUT2D eigenvalue weighted by atomic mass is 9.93. The molecule has 1 aromatic heterocycles. The first-order valence-corrected chi connectivity index (χ1v) is 12.2. The van der Waals surface area contributed by atoms with Crippen LogP contribution in [0.1, 0.15) is 60.3 Å². The molecule has 1 unspecified atom stereocenters. The van der Waals surface area contributed by atoms with E-state index in [2.05, 4.69) is 10.1 Å². The highest BCUT2D eigenvalue weighted by Crippen LogP contribution is 2.38. The van der Waals surface area contributed by atoms with Crippen molar-refractivity contribution in [1.82, 2.24) is 4.90 Å². The van der Waals surface area contributed by atoms with E-state index in [-0.39, 0.29) is 24.3 Å². The van der Waals surface area contributed by atoms with Crippen LogP contribution in [0.15, 0.2) is 35.7 Å². The second-order valence-electron chi connectivity index (χ2n) is 8.67. The van der Waals surface area contributed by atoms with Crippen LogP contribution in [-0.4, -0.2) is 48.0 Å². The predicted molar refractivity (Wildman–Crippen MR) is 131 cm³/mol. The van der Waals surface area contributed by atoms with E-state index >= 15 is 0 Å². The highest BCUT2D eigenvalue weighted by Gasteiger charge is 2.33. The molecule has 7 nitrogen and oxygen atoms in total. The minimum atomic E-state index is -1.53. The molecule has 0 bridgehead atoms. The second kappa shape index (κ2) is 10.6. The number of amides is 2. The number of anilines is 1. The van der Waals surface area contributed by atoms with Crippen molar-refractivity contribution in [1.29, 1.82) is 0 Å². The Bertz CT molecular complexity index is 1390. The Labute approximate surface area is 214 Å². The molecule has 0 aliphatic carbocycles. The molecule has 0 spiro atoms. The van der Waals surface area contributed by atoms with E-state index in [0.717, 1.165) is 24.0 Å². The first-order valence-electron chi connectivity index (χ1n) is 11.4. The summed E-state index contributed by atoms with van der Waals surface area (Å²) in [5, 5.41) is 14.1. The van der Waals surface area contributed by atoms with Crippen LogP contribution >= 0.6 is 11.3 Å². The fourth-order valence-electron chi connectivity index (χ4n) is 4.43. The molecule has 2 heterocycles. The van der Waals surface area contributed by atoms with Crippen LogP contribution in [0.3, 0.4) is 0 Å². The average Bonchev–Trinajstić information content (AvgIpc) is 3.30. The Hall–Kier alpha value is -3.86. The van der Waals surface area contributed by atoms with E-state index < -0.39 is 52.5 Å². The van der Waals surface area contributed by atoms with Crippen LogP contribution in [-0.2, 0) is 0 Å². The van der Waals surface area contributed by atoms with Gasteiger partial charge in [-0.3, -0.25) is 9.59 Å². The molecule has 1 atom stereocenters. The van der Waals surface area contributed by atoms with E-state index in [1.54, 1.807) is 18.2 Å². The Kier molecular flexibility index (Phi) is 7.53. The molecular formula is C26H23F3N2O5S. The predicted octanol–water partition coefficient (Wildman–Crippen LogP) is 5.45. The van der Waals surface area contributed by atoms with Gasteiger partial charge in [-0.05, 0) is 38.0 Å². The molecule has 0 radical (unpaired) electrons. The number of likely N-dealkylation sites (tertiary alicyclic amines) is 1. The number of benzene rings is 2. The van der Waals surface area contributed by atoms with Crippen molar-refractivity contribution in [2.45, 2.75) is 25.7 Å². The molecular weight excluding hydrogens is 509 g/mol. The van der Waals surface area contributed by atoms with Crippen LogP contribution in [0.25, 0.3) is 0 Å². The zero-order chi connectivity index (χ0) is 26.9. The number of hydrogen-bond donors (Lipinski definition) is 2. The highest BCUT2D eigenvalue weighted by atomic mass is 32.1. The summed E-state index contributed by atoms with van der Waals surface area (Å²) in [4.78, 5) is 39.7. The van der Waals surface area contributed by atoms with E-state index in [9.17, 15) is 32.7 Å². The zero-order valence-electron chi connectivity index (χ0n) is 19.9. The maximum atomic E-state index is 14.7. The first kappa shape index (κ1) is 26.2. The number of ether oxygens (including phenoxy) is 1. The number of carbonyl (C=O) groups excluding carboxylic acids is 2. The molecule has 4 rings (SSSR count). The minimum absolute atomic E-state index is 0.0334. The van der Waals surface area contributed by atoms with Crippen molar-refractivity contribution < 1.29 is 37.4 Å². The van der Waals surface area contributed by atoms with Gasteiger partial charge in [0.1, 0.15) is 0 Å². The first-order chi connectivity index (χ1) is 17.6. The molecule has 1 fully saturated rings. The number of methoxy groups -OCH3 is 1. The van der Waals surface area contributed by atoms with Crippen LogP contribution in [0.5, 0.6) is 5.75 Å². The van der Waals surface area contributed by atoms with Gasteiger partial charge in [-0.2, -0.15) is 4.39 Å². The summed E-state index contributed by atoms with van der Waals surface area (Å²) in [5.74, 6) is -8.23. The molecule has 11 heteroatoms. The summed E-state index contributed by atoms with van der Waals surface area (Å²) >= 11 is 1.14. The molecule has 1 aliphatic rings. The second-order valence-corrected chi connectivity index (χ2v) is 9.59. The third-order valence-corrected chi connectivity index (χ3v) is 7.34. The molecule has 3 aromatic rings. The van der Waals surface area contributed by atoms with Crippen LogP contribution < -0.4 is 10.1 Å². The average molecular weight is 533 g/mol. The lowest BCUT2D eigenvalue weighted by Gasteiger charge is -2.33. The fourth-order valence-corrected chi connectivity index (χ4v) is 5.55. The smallest absolute Gasteiger partial charge is 0.338 e. The number of rotatable bonds is 6. The Morgan fingerprint density at radius 2 is 1.92 bits per heavy atom. The van der Waals surface area contributed by atoms with Gasteiger partial charge in [0.25, 0.3) is 11.8 Å². The fraction of sp³-hybridized carbons (Fsp3) is 0.269. The maximum absolute atomic E-state index is 14.7. The standard InChI is InChI=1S/C26H23F3N2O5S/c1-13-5-3-6-14(9-13)24(32)30-18-12-37-23(19(18)26(34)35)15-7-4-8-31(11-15)25(33)16-10-17(27)21(29)22(36-2)20(16)28/h3,5-6,9-10,12,15H,4,7-8,11H2,1-2H3,(H,30,32)(H,34,35). The van der Waals surface area contributed by atoms with Crippen molar-refractivity contribution in [2.24, 2.45) is 0 Å². The Morgan fingerprint density at radius 3 is 2.59 bits per heavy atom. The van der Waals surface area contributed by atoms with Crippen LogP contribution in [0.4, 0.5) is 18.9 Å². The van der Waals surface area contributed by atoms with E-state index in [1.165, 1.54) is 10.3 Å². The zero-order valence-corrected chi connectivity index (χ0v) is 20.8. The SMILES string of the molecule is COc1c(F)c(F)cc(C(=O)N2CCCC(c3scc(NC(=O)c4cccc(C)c4)c3C(=O)O)C2)c1F. The van der Waals surface area contributed by atoms with Gasteiger partial charge in [0.05, 0.1) is 23.9 Å². The summed E-state index contributed by atoms with van der Waals surface area (Å²) in [6.07, 6.45) is 1.01.